The van der Waals surface area contributed by atoms with Crippen molar-refractivity contribution in [2.45, 2.75) is 0 Å². The maximum absolute atomic E-state index is 11.8. The van der Waals surface area contributed by atoms with E-state index in [0.717, 1.165) is 15.0 Å². The third-order valence-electron chi connectivity index (χ3n) is 3.41. The first-order chi connectivity index (χ1) is 10.1. The number of aryl methyl sites for hydroxylation is 1. The first-order valence-electron chi connectivity index (χ1n) is 6.31. The van der Waals surface area contributed by atoms with Crippen molar-refractivity contribution in [3.05, 3.63) is 51.2 Å². The summed E-state index contributed by atoms with van der Waals surface area (Å²) in [5.41, 5.74) is -0.254. The number of hydrogen-bond acceptors (Lipinski definition) is 4. The molecule has 1 aromatic carbocycles. The van der Waals surface area contributed by atoms with E-state index in [0.29, 0.717) is 17.0 Å². The van der Waals surface area contributed by atoms with E-state index in [4.69, 9.17) is 0 Å². The molecule has 0 aliphatic carbocycles. The van der Waals surface area contributed by atoms with Crippen LogP contribution in [0.3, 0.4) is 0 Å². The van der Waals surface area contributed by atoms with Crippen LogP contribution in [0.1, 0.15) is 0 Å². The topological polar surface area (TPSA) is 83.5 Å². The number of H-pyrrole nitrogens is 2. The molecule has 0 fully saturated rings. The minimum absolute atomic E-state index is 0.310. The monoisotopic (exact) mass is 298 g/mol. The van der Waals surface area contributed by atoms with Crippen molar-refractivity contribution in [3.63, 3.8) is 0 Å². The maximum atomic E-state index is 11.8. The Bertz CT molecular complexity index is 1070. The molecule has 4 aromatic rings. The Morgan fingerprint density at radius 3 is 2.81 bits per heavy atom. The Morgan fingerprint density at radius 2 is 2.00 bits per heavy atom. The second-order valence-electron chi connectivity index (χ2n) is 4.75. The lowest BCUT2D eigenvalue weighted by Gasteiger charge is -1.94. The summed E-state index contributed by atoms with van der Waals surface area (Å²) in [5, 5.41) is 1.13. The Kier molecular flexibility index (Phi) is 2.40. The van der Waals surface area contributed by atoms with E-state index < -0.39 is 11.2 Å². The van der Waals surface area contributed by atoms with E-state index in [-0.39, 0.29) is 0 Å². The molecule has 0 saturated heterocycles. The van der Waals surface area contributed by atoms with E-state index in [9.17, 15) is 9.59 Å². The maximum Gasteiger partial charge on any atom is 0.329 e. The second-order valence-corrected chi connectivity index (χ2v) is 5.83. The molecule has 4 rings (SSSR count). The number of hydrogen-bond donors (Lipinski definition) is 2. The average molecular weight is 298 g/mol. The van der Waals surface area contributed by atoms with Gasteiger partial charge in [-0.3, -0.25) is 14.3 Å². The van der Waals surface area contributed by atoms with Crippen LogP contribution in [0.15, 0.2) is 39.9 Å². The molecule has 0 aliphatic rings. The highest BCUT2D eigenvalue weighted by molar-refractivity contribution is 7.22. The van der Waals surface area contributed by atoms with Gasteiger partial charge in [0.25, 0.3) is 5.56 Å². The van der Waals surface area contributed by atoms with E-state index >= 15 is 0 Å². The van der Waals surface area contributed by atoms with Crippen molar-refractivity contribution in [2.24, 2.45) is 7.05 Å². The van der Waals surface area contributed by atoms with Crippen LogP contribution >= 0.6 is 11.3 Å². The first kappa shape index (κ1) is 12.1. The molecule has 3 heterocycles. The molecule has 0 spiro atoms. The molecule has 6 nitrogen and oxygen atoms in total. The number of aromatic nitrogens is 4. The highest BCUT2D eigenvalue weighted by Gasteiger charge is 2.13. The SMILES string of the molecule is Cn1c(=O)[nH]c(=O)c2[nH]c(-c3cc4ccccc4s3)nc21. The van der Waals surface area contributed by atoms with E-state index in [1.807, 2.05) is 30.3 Å². The average Bonchev–Trinajstić information content (AvgIpc) is 3.09. The summed E-state index contributed by atoms with van der Waals surface area (Å²) in [6, 6.07) is 10.0. The number of benzene rings is 1. The van der Waals surface area contributed by atoms with Crippen molar-refractivity contribution in [3.8, 4) is 10.7 Å². The Labute approximate surface area is 121 Å². The van der Waals surface area contributed by atoms with Crippen LogP contribution in [0.4, 0.5) is 0 Å². The van der Waals surface area contributed by atoms with Crippen LogP contribution in [0.5, 0.6) is 0 Å². The van der Waals surface area contributed by atoms with Gasteiger partial charge in [-0.1, -0.05) is 18.2 Å². The zero-order valence-electron chi connectivity index (χ0n) is 11.0. The standard InChI is InChI=1S/C14H10N4O2S/c1-18-12-10(13(19)17-14(18)20)15-11(16-12)9-6-7-4-2-3-5-8(7)21-9/h2-6H,1H3,(H,15,16)(H,17,19,20). The van der Waals surface area contributed by atoms with Gasteiger partial charge in [-0.15, -0.1) is 11.3 Å². The number of imidazole rings is 1. The van der Waals surface area contributed by atoms with Crippen molar-refractivity contribution in [2.75, 3.05) is 0 Å². The van der Waals surface area contributed by atoms with Crippen LogP contribution in [0.2, 0.25) is 0 Å². The van der Waals surface area contributed by atoms with Gasteiger partial charge < -0.3 is 4.98 Å². The van der Waals surface area contributed by atoms with Crippen molar-refractivity contribution < 1.29 is 0 Å². The minimum atomic E-state index is -0.470. The summed E-state index contributed by atoms with van der Waals surface area (Å²) < 4.78 is 2.47. The van der Waals surface area contributed by atoms with Gasteiger partial charge in [-0.2, -0.15) is 0 Å². The molecule has 0 atom stereocenters. The molecule has 0 unspecified atom stereocenters. The van der Waals surface area contributed by atoms with Crippen molar-refractivity contribution in [1.29, 1.82) is 0 Å². The number of fused-ring (bicyclic) bond motifs is 2. The summed E-state index contributed by atoms with van der Waals surface area (Å²) >= 11 is 1.59. The summed E-state index contributed by atoms with van der Waals surface area (Å²) in [6.07, 6.45) is 0. The van der Waals surface area contributed by atoms with Crippen LogP contribution in [0, 0.1) is 0 Å². The molecular weight excluding hydrogens is 288 g/mol. The lowest BCUT2D eigenvalue weighted by molar-refractivity contribution is 0.832. The molecule has 104 valence electrons. The van der Waals surface area contributed by atoms with Gasteiger partial charge in [0.2, 0.25) is 0 Å². The largest absolute Gasteiger partial charge is 0.331 e. The lowest BCUT2D eigenvalue weighted by atomic mass is 10.2. The molecule has 2 N–H and O–H groups in total. The van der Waals surface area contributed by atoms with Crippen molar-refractivity contribution in [1.82, 2.24) is 19.5 Å². The second kappa shape index (κ2) is 4.16. The molecule has 0 saturated carbocycles. The quantitative estimate of drug-likeness (QED) is 0.562. The van der Waals surface area contributed by atoms with Crippen LogP contribution in [-0.4, -0.2) is 19.5 Å². The number of nitrogens with zero attached hydrogens (tertiary/aromatic N) is 2. The molecule has 0 aliphatic heterocycles. The van der Waals surface area contributed by atoms with Gasteiger partial charge in [0.1, 0.15) is 5.52 Å². The zero-order valence-corrected chi connectivity index (χ0v) is 11.8. The van der Waals surface area contributed by atoms with E-state index in [2.05, 4.69) is 15.0 Å². The number of aromatic amines is 2. The Morgan fingerprint density at radius 1 is 1.19 bits per heavy atom. The number of thiophene rings is 1. The lowest BCUT2D eigenvalue weighted by Crippen LogP contribution is -2.28. The summed E-state index contributed by atoms with van der Waals surface area (Å²) in [5.74, 6) is 0.595. The highest BCUT2D eigenvalue weighted by atomic mass is 32.1. The van der Waals surface area contributed by atoms with Crippen LogP contribution < -0.4 is 11.2 Å². The molecule has 21 heavy (non-hydrogen) atoms. The third kappa shape index (κ3) is 1.74. The summed E-state index contributed by atoms with van der Waals surface area (Å²) in [4.78, 5) is 34.0. The smallest absolute Gasteiger partial charge is 0.329 e. The highest BCUT2D eigenvalue weighted by Crippen LogP contribution is 2.32. The molecule has 0 amide bonds. The van der Waals surface area contributed by atoms with Gasteiger partial charge in [0.15, 0.2) is 11.5 Å². The normalized spacial score (nSPS) is 11.5. The van der Waals surface area contributed by atoms with E-state index in [1.165, 1.54) is 4.57 Å². The number of rotatable bonds is 1. The molecule has 3 aromatic heterocycles. The van der Waals surface area contributed by atoms with Gasteiger partial charge >= 0.3 is 5.69 Å². The Balaban J connectivity index is 2.03. The molecular formula is C14H10N4O2S. The first-order valence-corrected chi connectivity index (χ1v) is 7.13. The van der Waals surface area contributed by atoms with Crippen LogP contribution in [-0.2, 0) is 7.05 Å². The van der Waals surface area contributed by atoms with E-state index in [1.54, 1.807) is 18.4 Å². The van der Waals surface area contributed by atoms with Crippen molar-refractivity contribution >= 4 is 32.6 Å². The third-order valence-corrected chi connectivity index (χ3v) is 4.54. The predicted octanol–water partition coefficient (Wildman–Crippen LogP) is 1.83. The minimum Gasteiger partial charge on any atom is -0.331 e. The fraction of sp³-hybridized carbons (Fsp3) is 0.0714. The van der Waals surface area contributed by atoms with Gasteiger partial charge in [-0.25, -0.2) is 9.78 Å². The zero-order chi connectivity index (χ0) is 14.6. The molecule has 0 radical (unpaired) electrons. The Hall–Kier alpha value is -2.67. The fourth-order valence-corrected chi connectivity index (χ4v) is 3.33. The number of nitrogens with one attached hydrogen (secondary N) is 2. The van der Waals surface area contributed by atoms with Gasteiger partial charge in [-0.05, 0) is 17.5 Å². The predicted molar refractivity (Wildman–Crippen MR) is 82.8 cm³/mol. The molecule has 0 bridgehead atoms. The van der Waals surface area contributed by atoms with Crippen LogP contribution in [0.25, 0.3) is 32.0 Å². The summed E-state index contributed by atoms with van der Waals surface area (Å²) in [6.45, 7) is 0. The molecule has 7 heteroatoms. The van der Waals surface area contributed by atoms with Gasteiger partial charge in [0, 0.05) is 11.7 Å². The fourth-order valence-electron chi connectivity index (χ4n) is 2.32. The van der Waals surface area contributed by atoms with Gasteiger partial charge in [0.05, 0.1) is 4.88 Å². The summed E-state index contributed by atoms with van der Waals surface area (Å²) in [7, 11) is 1.58.